The van der Waals surface area contributed by atoms with Crippen LogP contribution in [-0.2, 0) is 6.42 Å². The molecule has 0 atom stereocenters. The molecule has 0 spiro atoms. The van der Waals surface area contributed by atoms with E-state index in [-0.39, 0.29) is 0 Å². The molecule has 0 aromatic heterocycles. The summed E-state index contributed by atoms with van der Waals surface area (Å²) in [5, 5.41) is 3.51. The molecule has 0 amide bonds. The van der Waals surface area contributed by atoms with Gasteiger partial charge in [0.25, 0.3) is 0 Å². The van der Waals surface area contributed by atoms with Gasteiger partial charge in [-0.2, -0.15) is 0 Å². The van der Waals surface area contributed by atoms with E-state index in [1.807, 2.05) is 0 Å². The average Bonchev–Trinajstić information content (AvgIpc) is 2.72. The van der Waals surface area contributed by atoms with Crippen molar-refractivity contribution in [1.82, 2.24) is 0 Å². The molecule has 1 heterocycles. The molecule has 110 valence electrons. The first-order valence-corrected chi connectivity index (χ1v) is 8.44. The fraction of sp³-hybridized carbons (Fsp3) is 0.333. The Bertz CT molecular complexity index is 580. The molecule has 0 radical (unpaired) electrons. The third kappa shape index (κ3) is 3.79. The van der Waals surface area contributed by atoms with Gasteiger partial charge in [-0.25, -0.2) is 0 Å². The second-order valence-electron chi connectivity index (χ2n) is 5.51. The molecular formula is C18H21BrN2. The van der Waals surface area contributed by atoms with Crippen molar-refractivity contribution in [2.45, 2.75) is 19.3 Å². The molecule has 21 heavy (non-hydrogen) atoms. The molecule has 0 aliphatic carbocycles. The predicted molar refractivity (Wildman–Crippen MR) is 94.2 cm³/mol. The molecule has 0 fully saturated rings. The normalized spacial score (nSPS) is 14.4. The van der Waals surface area contributed by atoms with Gasteiger partial charge in [-0.05, 0) is 55.2 Å². The highest BCUT2D eigenvalue weighted by Crippen LogP contribution is 2.25. The summed E-state index contributed by atoms with van der Waals surface area (Å²) >= 11 is 3.47. The smallest absolute Gasteiger partial charge is 0.0399 e. The number of hydrogen-bond acceptors (Lipinski definition) is 2. The van der Waals surface area contributed by atoms with Crippen molar-refractivity contribution in [3.05, 3.63) is 58.6 Å². The van der Waals surface area contributed by atoms with Gasteiger partial charge in [-0.3, -0.25) is 0 Å². The van der Waals surface area contributed by atoms with Crippen LogP contribution in [0.5, 0.6) is 0 Å². The molecule has 2 aromatic rings. The van der Waals surface area contributed by atoms with E-state index < -0.39 is 0 Å². The van der Waals surface area contributed by atoms with Crippen LogP contribution in [0.3, 0.4) is 0 Å². The van der Waals surface area contributed by atoms with Gasteiger partial charge in [0.05, 0.1) is 0 Å². The molecule has 0 saturated carbocycles. The molecule has 2 aromatic carbocycles. The fourth-order valence-corrected chi connectivity index (χ4v) is 3.17. The van der Waals surface area contributed by atoms with Crippen molar-refractivity contribution in [2.24, 2.45) is 0 Å². The van der Waals surface area contributed by atoms with Gasteiger partial charge >= 0.3 is 0 Å². The molecule has 0 unspecified atom stereocenters. The quantitative estimate of drug-likeness (QED) is 0.864. The summed E-state index contributed by atoms with van der Waals surface area (Å²) in [7, 11) is 0. The molecule has 3 rings (SSSR count). The van der Waals surface area contributed by atoms with Gasteiger partial charge in [0.1, 0.15) is 0 Å². The summed E-state index contributed by atoms with van der Waals surface area (Å²) < 4.78 is 1.12. The second kappa shape index (κ2) is 6.99. The Labute approximate surface area is 135 Å². The Morgan fingerprint density at radius 1 is 1.00 bits per heavy atom. The van der Waals surface area contributed by atoms with Crippen molar-refractivity contribution in [1.29, 1.82) is 0 Å². The first-order chi connectivity index (χ1) is 10.3. The zero-order chi connectivity index (χ0) is 14.5. The van der Waals surface area contributed by atoms with Crippen LogP contribution in [0, 0.1) is 0 Å². The summed E-state index contributed by atoms with van der Waals surface area (Å²) in [4.78, 5) is 2.52. The van der Waals surface area contributed by atoms with E-state index in [0.29, 0.717) is 0 Å². The van der Waals surface area contributed by atoms with E-state index >= 15 is 0 Å². The maximum absolute atomic E-state index is 3.51. The molecule has 1 aliphatic heterocycles. The number of rotatable bonds is 4. The first-order valence-electron chi connectivity index (χ1n) is 7.65. The van der Waals surface area contributed by atoms with Crippen LogP contribution >= 0.6 is 15.9 Å². The molecule has 3 heteroatoms. The number of fused-ring (bicyclic) bond motifs is 1. The Morgan fingerprint density at radius 3 is 2.67 bits per heavy atom. The molecule has 0 bridgehead atoms. The summed E-state index contributed by atoms with van der Waals surface area (Å²) in [6.45, 7) is 3.18. The highest BCUT2D eigenvalue weighted by Gasteiger charge is 2.13. The number of aryl methyl sites for hydroxylation is 1. The topological polar surface area (TPSA) is 15.3 Å². The number of nitrogens with zero attached hydrogens (tertiary/aromatic N) is 1. The Kier molecular flexibility index (Phi) is 4.81. The summed E-state index contributed by atoms with van der Waals surface area (Å²) in [6, 6.07) is 17.2. The van der Waals surface area contributed by atoms with Gasteiger partial charge < -0.3 is 10.2 Å². The van der Waals surface area contributed by atoms with E-state index in [1.165, 1.54) is 42.7 Å². The Hall–Kier alpha value is -1.48. The second-order valence-corrected chi connectivity index (χ2v) is 6.42. The van der Waals surface area contributed by atoms with Gasteiger partial charge in [-0.1, -0.05) is 34.1 Å². The SMILES string of the molecule is Brc1ccc(NCCN2CCCCc3ccccc32)cc1. The van der Waals surface area contributed by atoms with Crippen molar-refractivity contribution in [3.63, 3.8) is 0 Å². The number of hydrogen-bond donors (Lipinski definition) is 1. The highest BCUT2D eigenvalue weighted by atomic mass is 79.9. The molecule has 2 nitrogen and oxygen atoms in total. The summed E-state index contributed by atoms with van der Waals surface area (Å²) in [5.41, 5.74) is 4.10. The van der Waals surface area contributed by atoms with Gasteiger partial charge in [-0.15, -0.1) is 0 Å². The monoisotopic (exact) mass is 344 g/mol. The fourth-order valence-electron chi connectivity index (χ4n) is 2.90. The van der Waals surface area contributed by atoms with E-state index in [1.54, 1.807) is 0 Å². The number of anilines is 2. The molecule has 0 saturated heterocycles. The third-order valence-electron chi connectivity index (χ3n) is 4.01. The van der Waals surface area contributed by atoms with Gasteiger partial charge in [0.2, 0.25) is 0 Å². The van der Waals surface area contributed by atoms with Gasteiger partial charge in [0.15, 0.2) is 0 Å². The van der Waals surface area contributed by atoms with Crippen LogP contribution in [-0.4, -0.2) is 19.6 Å². The lowest BCUT2D eigenvalue weighted by Crippen LogP contribution is -2.29. The minimum absolute atomic E-state index is 0.968. The van der Waals surface area contributed by atoms with Gasteiger partial charge in [0, 0.05) is 35.5 Å². The van der Waals surface area contributed by atoms with Crippen molar-refractivity contribution < 1.29 is 0 Å². The van der Waals surface area contributed by atoms with E-state index in [0.717, 1.165) is 17.6 Å². The van der Waals surface area contributed by atoms with Crippen molar-refractivity contribution in [3.8, 4) is 0 Å². The number of para-hydroxylation sites is 1. The largest absolute Gasteiger partial charge is 0.383 e. The van der Waals surface area contributed by atoms with Crippen molar-refractivity contribution >= 4 is 27.3 Å². The molecular weight excluding hydrogens is 324 g/mol. The predicted octanol–water partition coefficient (Wildman–Crippen LogP) is 4.70. The summed E-state index contributed by atoms with van der Waals surface area (Å²) in [6.07, 6.45) is 3.80. The van der Waals surface area contributed by atoms with Crippen LogP contribution in [0.2, 0.25) is 0 Å². The van der Waals surface area contributed by atoms with E-state index in [2.05, 4.69) is 74.7 Å². The minimum Gasteiger partial charge on any atom is -0.383 e. The van der Waals surface area contributed by atoms with Crippen LogP contribution in [0.15, 0.2) is 53.0 Å². The Balaban J connectivity index is 1.61. The lowest BCUT2D eigenvalue weighted by Gasteiger charge is -2.25. The van der Waals surface area contributed by atoms with E-state index in [4.69, 9.17) is 0 Å². The van der Waals surface area contributed by atoms with E-state index in [9.17, 15) is 0 Å². The van der Waals surface area contributed by atoms with Crippen LogP contribution in [0.4, 0.5) is 11.4 Å². The molecule has 1 aliphatic rings. The van der Waals surface area contributed by atoms with Crippen LogP contribution < -0.4 is 10.2 Å². The molecule has 1 N–H and O–H groups in total. The maximum atomic E-state index is 3.51. The minimum atomic E-state index is 0.968. The zero-order valence-electron chi connectivity index (χ0n) is 12.2. The lowest BCUT2D eigenvalue weighted by atomic mass is 10.1. The first kappa shape index (κ1) is 14.5. The number of halogens is 1. The standard InChI is InChI=1S/C18H21BrN2/c19-16-8-10-17(11-9-16)20-12-14-21-13-4-3-6-15-5-1-2-7-18(15)21/h1-2,5,7-11,20H,3-4,6,12-14H2. The third-order valence-corrected chi connectivity index (χ3v) is 4.54. The summed E-state index contributed by atoms with van der Waals surface area (Å²) in [5.74, 6) is 0. The number of benzene rings is 2. The number of nitrogens with one attached hydrogen (secondary N) is 1. The average molecular weight is 345 g/mol. The van der Waals surface area contributed by atoms with Crippen LogP contribution in [0.1, 0.15) is 18.4 Å². The maximum Gasteiger partial charge on any atom is 0.0399 e. The zero-order valence-corrected chi connectivity index (χ0v) is 13.8. The lowest BCUT2D eigenvalue weighted by molar-refractivity contribution is 0.719. The van der Waals surface area contributed by atoms with Crippen molar-refractivity contribution in [2.75, 3.05) is 29.9 Å². The highest BCUT2D eigenvalue weighted by molar-refractivity contribution is 9.10. The van der Waals surface area contributed by atoms with Crippen LogP contribution in [0.25, 0.3) is 0 Å². The Morgan fingerprint density at radius 2 is 1.81 bits per heavy atom.